The Hall–Kier alpha value is -4.34. The Kier molecular flexibility index (Phi) is 8.86. The molecule has 44 heavy (non-hydrogen) atoms. The molecule has 3 heterocycles. The van der Waals surface area contributed by atoms with Crippen LogP contribution in [0.4, 0.5) is 0 Å². The number of methoxy groups -OCH3 is 1. The second-order valence-corrected chi connectivity index (χ2v) is 11.4. The lowest BCUT2D eigenvalue weighted by molar-refractivity contribution is -0.140. The number of carbonyl (C=O) groups is 2. The summed E-state index contributed by atoms with van der Waals surface area (Å²) in [5, 5.41) is 11.6. The minimum absolute atomic E-state index is 0.0366. The number of morpholine rings is 1. The lowest BCUT2D eigenvalue weighted by atomic mass is 9.94. The molecule has 2 fully saturated rings. The molecule has 0 bridgehead atoms. The molecule has 230 valence electrons. The number of nitrogens with zero attached hydrogens (tertiary/aromatic N) is 2. The number of carbonyl (C=O) groups excluding carboxylic acids is 2. The summed E-state index contributed by atoms with van der Waals surface area (Å²) in [7, 11) is 1.56. The standard InChI is InChI=1S/C35H38N2O7/c1-23-19-27-20-26(10-11-28(27)44-23)33(38)31-32(37(35(40)34(31)39)14-6-13-36-15-17-42-18-16-36)25-9-12-29(30(21-25)41-2)43-22-24-7-4-3-5-8-24/h3-5,7-12,20-21,23,32,38H,6,13-19,22H2,1-2H3/t23-,32-/m0/s1. The average molecular weight is 599 g/mol. The number of likely N-dealkylation sites (tertiary alicyclic amines) is 1. The number of ether oxygens (including phenoxy) is 4. The highest BCUT2D eigenvalue weighted by atomic mass is 16.5. The lowest BCUT2D eigenvalue weighted by Gasteiger charge is -2.29. The number of benzene rings is 3. The molecule has 0 spiro atoms. The molecule has 6 rings (SSSR count). The van der Waals surface area contributed by atoms with E-state index in [1.807, 2.05) is 55.5 Å². The number of hydrogen-bond acceptors (Lipinski definition) is 8. The molecule has 9 nitrogen and oxygen atoms in total. The molecule has 0 aliphatic carbocycles. The zero-order chi connectivity index (χ0) is 30.6. The van der Waals surface area contributed by atoms with Crippen LogP contribution in [0.25, 0.3) is 5.76 Å². The number of amides is 1. The van der Waals surface area contributed by atoms with Crippen LogP contribution in [0.15, 0.2) is 72.3 Å². The Morgan fingerprint density at radius 1 is 0.977 bits per heavy atom. The van der Waals surface area contributed by atoms with Crippen LogP contribution in [0.1, 0.15) is 41.6 Å². The first-order valence-electron chi connectivity index (χ1n) is 15.2. The van der Waals surface area contributed by atoms with Gasteiger partial charge in [-0.15, -0.1) is 0 Å². The number of hydrogen-bond donors (Lipinski definition) is 1. The Morgan fingerprint density at radius 2 is 1.77 bits per heavy atom. The number of aliphatic hydroxyl groups excluding tert-OH is 1. The maximum atomic E-state index is 13.6. The van der Waals surface area contributed by atoms with E-state index in [9.17, 15) is 14.7 Å². The molecule has 0 saturated carbocycles. The van der Waals surface area contributed by atoms with Crippen LogP contribution in [0.5, 0.6) is 17.2 Å². The fourth-order valence-electron chi connectivity index (χ4n) is 6.18. The van der Waals surface area contributed by atoms with Gasteiger partial charge in [-0.3, -0.25) is 14.5 Å². The van der Waals surface area contributed by atoms with Gasteiger partial charge in [0.25, 0.3) is 11.7 Å². The zero-order valence-electron chi connectivity index (χ0n) is 25.2. The van der Waals surface area contributed by atoms with E-state index in [0.717, 1.165) is 36.5 Å². The van der Waals surface area contributed by atoms with Crippen LogP contribution in [-0.2, 0) is 27.4 Å². The molecular weight excluding hydrogens is 560 g/mol. The van der Waals surface area contributed by atoms with Crippen LogP contribution >= 0.6 is 0 Å². The van der Waals surface area contributed by atoms with Crippen molar-refractivity contribution in [2.24, 2.45) is 0 Å². The van der Waals surface area contributed by atoms with Gasteiger partial charge in [0.2, 0.25) is 0 Å². The molecule has 9 heteroatoms. The van der Waals surface area contributed by atoms with Gasteiger partial charge < -0.3 is 29.0 Å². The van der Waals surface area contributed by atoms with Crippen LogP contribution in [0.2, 0.25) is 0 Å². The van der Waals surface area contributed by atoms with Crippen LogP contribution in [0, 0.1) is 0 Å². The van der Waals surface area contributed by atoms with E-state index in [0.29, 0.717) is 61.8 Å². The third-order valence-electron chi connectivity index (χ3n) is 8.43. The van der Waals surface area contributed by atoms with Crippen LogP contribution < -0.4 is 14.2 Å². The van der Waals surface area contributed by atoms with Crippen molar-refractivity contribution >= 4 is 17.4 Å². The first kappa shape index (κ1) is 29.7. The summed E-state index contributed by atoms with van der Waals surface area (Å²) in [5.74, 6) is 0.255. The molecule has 2 saturated heterocycles. The van der Waals surface area contributed by atoms with E-state index in [4.69, 9.17) is 18.9 Å². The van der Waals surface area contributed by atoms with E-state index in [2.05, 4.69) is 4.90 Å². The van der Waals surface area contributed by atoms with Gasteiger partial charge in [0.05, 0.1) is 31.9 Å². The second-order valence-electron chi connectivity index (χ2n) is 11.4. The third kappa shape index (κ3) is 6.16. The van der Waals surface area contributed by atoms with Gasteiger partial charge in [0.1, 0.15) is 24.2 Å². The Bertz CT molecular complexity index is 1550. The van der Waals surface area contributed by atoms with Crippen molar-refractivity contribution in [2.75, 3.05) is 46.5 Å². The van der Waals surface area contributed by atoms with Crippen molar-refractivity contribution < 1.29 is 33.6 Å². The molecule has 0 unspecified atom stereocenters. The number of Topliss-reactive ketones (excluding diaryl/α,β-unsaturated/α-hetero) is 1. The maximum absolute atomic E-state index is 13.6. The summed E-state index contributed by atoms with van der Waals surface area (Å²) in [6.45, 7) is 6.53. The minimum Gasteiger partial charge on any atom is -0.507 e. The van der Waals surface area contributed by atoms with E-state index in [1.165, 1.54) is 0 Å². The third-order valence-corrected chi connectivity index (χ3v) is 8.43. The van der Waals surface area contributed by atoms with Crippen molar-refractivity contribution in [1.29, 1.82) is 0 Å². The smallest absolute Gasteiger partial charge is 0.295 e. The monoisotopic (exact) mass is 598 g/mol. The molecule has 0 aromatic heterocycles. The minimum atomic E-state index is -0.791. The van der Waals surface area contributed by atoms with Gasteiger partial charge in [-0.05, 0) is 60.4 Å². The van der Waals surface area contributed by atoms with E-state index in [-0.39, 0.29) is 17.4 Å². The summed E-state index contributed by atoms with van der Waals surface area (Å²) in [6.07, 6.45) is 1.42. The van der Waals surface area contributed by atoms with Crippen molar-refractivity contribution in [3.05, 3.63) is 94.6 Å². The van der Waals surface area contributed by atoms with Crippen LogP contribution in [0.3, 0.4) is 0 Å². The Labute approximate surface area is 257 Å². The first-order chi connectivity index (χ1) is 21.4. The van der Waals surface area contributed by atoms with Gasteiger partial charge in [-0.2, -0.15) is 0 Å². The molecule has 3 aliphatic heterocycles. The number of rotatable bonds is 10. The normalized spacial score (nSPS) is 21.3. The number of ketones is 1. The average Bonchev–Trinajstić information content (AvgIpc) is 3.55. The molecule has 0 radical (unpaired) electrons. The largest absolute Gasteiger partial charge is 0.507 e. The Balaban J connectivity index is 1.34. The highest BCUT2D eigenvalue weighted by Crippen LogP contribution is 2.43. The summed E-state index contributed by atoms with van der Waals surface area (Å²) in [6, 6.07) is 19.8. The van der Waals surface area contributed by atoms with Crippen molar-refractivity contribution in [2.45, 2.75) is 38.5 Å². The van der Waals surface area contributed by atoms with Crippen molar-refractivity contribution in [3.63, 3.8) is 0 Å². The first-order valence-corrected chi connectivity index (χ1v) is 15.2. The van der Waals surface area contributed by atoms with Gasteiger partial charge in [0, 0.05) is 38.2 Å². The predicted octanol–water partition coefficient (Wildman–Crippen LogP) is 4.74. The van der Waals surface area contributed by atoms with Crippen LogP contribution in [-0.4, -0.2) is 79.2 Å². The predicted molar refractivity (Wildman–Crippen MR) is 165 cm³/mol. The topological polar surface area (TPSA) is 97.8 Å². The molecule has 3 aromatic carbocycles. The summed E-state index contributed by atoms with van der Waals surface area (Å²) in [5.41, 5.74) is 3.17. The summed E-state index contributed by atoms with van der Waals surface area (Å²) >= 11 is 0. The van der Waals surface area contributed by atoms with Gasteiger partial charge in [-0.25, -0.2) is 0 Å². The fourth-order valence-corrected chi connectivity index (χ4v) is 6.18. The molecule has 1 N–H and O–H groups in total. The molecular formula is C35H38N2O7. The Morgan fingerprint density at radius 3 is 2.55 bits per heavy atom. The lowest BCUT2D eigenvalue weighted by Crippen LogP contribution is -2.39. The number of aliphatic hydroxyl groups is 1. The SMILES string of the molecule is COc1cc([C@H]2C(=C(O)c3ccc4c(c3)C[C@H](C)O4)C(=O)C(=O)N2CCCN2CCOCC2)ccc1OCc1ccccc1. The summed E-state index contributed by atoms with van der Waals surface area (Å²) < 4.78 is 23.1. The second kappa shape index (κ2) is 13.1. The van der Waals surface area contributed by atoms with E-state index < -0.39 is 17.7 Å². The molecule has 3 aromatic rings. The van der Waals surface area contributed by atoms with E-state index in [1.54, 1.807) is 30.2 Å². The van der Waals surface area contributed by atoms with Crippen molar-refractivity contribution in [3.8, 4) is 17.2 Å². The van der Waals surface area contributed by atoms with Gasteiger partial charge >= 0.3 is 0 Å². The highest BCUT2D eigenvalue weighted by molar-refractivity contribution is 6.46. The number of fused-ring (bicyclic) bond motifs is 1. The molecule has 2 atom stereocenters. The van der Waals surface area contributed by atoms with E-state index >= 15 is 0 Å². The maximum Gasteiger partial charge on any atom is 0.295 e. The molecule has 1 amide bonds. The fraction of sp³-hybridized carbons (Fsp3) is 0.371. The molecule has 3 aliphatic rings. The summed E-state index contributed by atoms with van der Waals surface area (Å²) in [4.78, 5) is 31.1. The van der Waals surface area contributed by atoms with Crippen molar-refractivity contribution in [1.82, 2.24) is 9.80 Å². The highest BCUT2D eigenvalue weighted by Gasteiger charge is 2.46. The quantitative estimate of drug-likeness (QED) is 0.203. The zero-order valence-corrected chi connectivity index (χ0v) is 25.2. The van der Waals surface area contributed by atoms with Gasteiger partial charge in [-0.1, -0.05) is 36.4 Å². The van der Waals surface area contributed by atoms with Gasteiger partial charge in [0.15, 0.2) is 11.5 Å².